The van der Waals surface area contributed by atoms with Crippen LogP contribution in [0.3, 0.4) is 0 Å². The van der Waals surface area contributed by atoms with Crippen molar-refractivity contribution in [3.63, 3.8) is 0 Å². The Labute approximate surface area is 98.0 Å². The van der Waals surface area contributed by atoms with Gasteiger partial charge in [0.15, 0.2) is 0 Å². The fourth-order valence-electron chi connectivity index (χ4n) is 1.23. The van der Waals surface area contributed by atoms with Gasteiger partial charge in [-0.25, -0.2) is 4.39 Å². The molecule has 0 unspecified atom stereocenters. The molecule has 2 N–H and O–H groups in total. The molecule has 14 heavy (non-hydrogen) atoms. The quantitative estimate of drug-likeness (QED) is 0.790. The molecule has 0 fully saturated rings. The van der Waals surface area contributed by atoms with Crippen LogP contribution in [-0.2, 0) is 0 Å². The topological polar surface area (TPSA) is 26.0 Å². The van der Waals surface area contributed by atoms with Crippen molar-refractivity contribution in [2.24, 2.45) is 11.1 Å². The lowest BCUT2D eigenvalue weighted by Crippen LogP contribution is -2.27. The van der Waals surface area contributed by atoms with Crippen molar-refractivity contribution >= 4 is 22.6 Å². The number of hydrogen-bond donors (Lipinski definition) is 1. The van der Waals surface area contributed by atoms with Crippen molar-refractivity contribution in [2.75, 3.05) is 0 Å². The van der Waals surface area contributed by atoms with Crippen LogP contribution in [0.25, 0.3) is 0 Å². The van der Waals surface area contributed by atoms with Gasteiger partial charge in [-0.1, -0.05) is 32.9 Å². The number of halogens is 2. The lowest BCUT2D eigenvalue weighted by molar-refractivity contribution is 0.325. The van der Waals surface area contributed by atoms with Gasteiger partial charge in [-0.2, -0.15) is 0 Å². The summed E-state index contributed by atoms with van der Waals surface area (Å²) in [5.74, 6) is -0.192. The predicted octanol–water partition coefficient (Wildman–Crippen LogP) is 3.48. The van der Waals surface area contributed by atoms with E-state index in [9.17, 15) is 4.39 Å². The fraction of sp³-hybridized carbons (Fsp3) is 0.455. The van der Waals surface area contributed by atoms with Crippen molar-refractivity contribution in [3.8, 4) is 0 Å². The van der Waals surface area contributed by atoms with Crippen LogP contribution < -0.4 is 5.73 Å². The monoisotopic (exact) mass is 307 g/mol. The molecular formula is C11H15FIN. The highest BCUT2D eigenvalue weighted by Gasteiger charge is 2.24. The minimum absolute atomic E-state index is 0.0479. The standard InChI is InChI=1S/C11H15FIN/c1-11(2,3)10(14)7-5-4-6-8(12)9(7)13/h4-6,10H,14H2,1-3H3/t10-/m0/s1. The molecule has 1 nitrogen and oxygen atoms in total. The van der Waals surface area contributed by atoms with E-state index in [1.807, 2.05) is 28.7 Å². The number of nitrogens with two attached hydrogens (primary N) is 1. The fourth-order valence-corrected chi connectivity index (χ4v) is 1.92. The molecule has 1 aromatic rings. The second-order valence-electron chi connectivity index (χ2n) is 4.49. The van der Waals surface area contributed by atoms with Gasteiger partial charge < -0.3 is 5.73 Å². The molecule has 1 aromatic carbocycles. The lowest BCUT2D eigenvalue weighted by atomic mass is 9.83. The maximum Gasteiger partial charge on any atom is 0.136 e. The second kappa shape index (κ2) is 4.14. The summed E-state index contributed by atoms with van der Waals surface area (Å²) in [5, 5.41) is 0. The molecule has 0 radical (unpaired) electrons. The Morgan fingerprint density at radius 1 is 1.36 bits per heavy atom. The highest BCUT2D eigenvalue weighted by molar-refractivity contribution is 14.1. The molecule has 0 saturated carbocycles. The third-order valence-electron chi connectivity index (χ3n) is 2.25. The summed E-state index contributed by atoms with van der Waals surface area (Å²) in [7, 11) is 0. The molecule has 0 aliphatic carbocycles. The number of benzene rings is 1. The molecule has 0 heterocycles. The third kappa shape index (κ3) is 2.45. The molecule has 0 aromatic heterocycles. The van der Waals surface area contributed by atoms with E-state index in [4.69, 9.17) is 5.73 Å². The molecule has 0 spiro atoms. The SMILES string of the molecule is CC(C)(C)[C@@H](N)c1cccc(F)c1I. The van der Waals surface area contributed by atoms with Gasteiger partial charge in [0.05, 0.1) is 3.57 Å². The molecule has 1 atom stereocenters. The Morgan fingerprint density at radius 2 is 1.93 bits per heavy atom. The number of rotatable bonds is 1. The zero-order valence-electron chi connectivity index (χ0n) is 8.64. The summed E-state index contributed by atoms with van der Waals surface area (Å²) in [6.07, 6.45) is 0. The lowest BCUT2D eigenvalue weighted by Gasteiger charge is -2.28. The molecule has 0 aliphatic heterocycles. The summed E-state index contributed by atoms with van der Waals surface area (Å²) in [6.45, 7) is 6.16. The van der Waals surface area contributed by atoms with Gasteiger partial charge in [0, 0.05) is 6.04 Å². The predicted molar refractivity (Wildman–Crippen MR) is 65.5 cm³/mol. The Morgan fingerprint density at radius 3 is 2.43 bits per heavy atom. The van der Waals surface area contributed by atoms with Crippen LogP contribution in [0.4, 0.5) is 4.39 Å². The van der Waals surface area contributed by atoms with Gasteiger partial charge >= 0.3 is 0 Å². The Kier molecular flexibility index (Phi) is 3.53. The molecular weight excluding hydrogens is 292 g/mol. The maximum atomic E-state index is 13.3. The zero-order chi connectivity index (χ0) is 10.9. The van der Waals surface area contributed by atoms with Gasteiger partial charge in [-0.15, -0.1) is 0 Å². The molecule has 1 rings (SSSR count). The van der Waals surface area contributed by atoms with E-state index >= 15 is 0 Å². The smallest absolute Gasteiger partial charge is 0.136 e. The van der Waals surface area contributed by atoms with Gasteiger partial charge in [0.2, 0.25) is 0 Å². The normalized spacial score (nSPS) is 14.1. The average molecular weight is 307 g/mol. The number of hydrogen-bond acceptors (Lipinski definition) is 1. The van der Waals surface area contributed by atoms with Gasteiger partial charge in [-0.3, -0.25) is 0 Å². The van der Waals surface area contributed by atoms with Crippen LogP contribution in [-0.4, -0.2) is 0 Å². The largest absolute Gasteiger partial charge is 0.323 e. The highest BCUT2D eigenvalue weighted by atomic mass is 127. The third-order valence-corrected chi connectivity index (χ3v) is 3.39. The van der Waals surface area contributed by atoms with Crippen LogP contribution in [0.5, 0.6) is 0 Å². The summed E-state index contributed by atoms with van der Waals surface area (Å²) in [4.78, 5) is 0. The van der Waals surface area contributed by atoms with E-state index in [-0.39, 0.29) is 17.3 Å². The average Bonchev–Trinajstić information content (AvgIpc) is 2.07. The second-order valence-corrected chi connectivity index (χ2v) is 5.57. The van der Waals surface area contributed by atoms with Crippen LogP contribution in [0.15, 0.2) is 18.2 Å². The summed E-state index contributed by atoms with van der Waals surface area (Å²) >= 11 is 2.01. The first-order chi connectivity index (χ1) is 6.34. The van der Waals surface area contributed by atoms with E-state index in [0.29, 0.717) is 3.57 Å². The van der Waals surface area contributed by atoms with Crippen molar-refractivity contribution in [3.05, 3.63) is 33.1 Å². The van der Waals surface area contributed by atoms with E-state index in [1.165, 1.54) is 6.07 Å². The first kappa shape index (κ1) is 11.9. The van der Waals surface area contributed by atoms with E-state index in [2.05, 4.69) is 20.8 Å². The Hall–Kier alpha value is -0.160. The van der Waals surface area contributed by atoms with Gasteiger partial charge in [0.1, 0.15) is 5.82 Å². The van der Waals surface area contributed by atoms with E-state index < -0.39 is 0 Å². The summed E-state index contributed by atoms with van der Waals surface area (Å²) in [5.41, 5.74) is 6.91. The molecule has 78 valence electrons. The van der Waals surface area contributed by atoms with Gasteiger partial charge in [-0.05, 0) is 39.6 Å². The maximum absolute atomic E-state index is 13.3. The van der Waals surface area contributed by atoms with Crippen molar-refractivity contribution in [1.29, 1.82) is 0 Å². The van der Waals surface area contributed by atoms with Crippen LogP contribution in [0.2, 0.25) is 0 Å². The van der Waals surface area contributed by atoms with Gasteiger partial charge in [0.25, 0.3) is 0 Å². The first-order valence-electron chi connectivity index (χ1n) is 4.53. The summed E-state index contributed by atoms with van der Waals surface area (Å²) in [6, 6.07) is 4.92. The Balaban J connectivity index is 3.14. The Bertz CT molecular complexity index is 331. The molecule has 3 heteroatoms. The molecule has 0 amide bonds. The minimum Gasteiger partial charge on any atom is -0.323 e. The molecule has 0 aliphatic rings. The first-order valence-corrected chi connectivity index (χ1v) is 5.61. The van der Waals surface area contributed by atoms with Crippen LogP contribution >= 0.6 is 22.6 Å². The highest BCUT2D eigenvalue weighted by Crippen LogP contribution is 2.33. The summed E-state index contributed by atoms with van der Waals surface area (Å²) < 4.78 is 13.9. The van der Waals surface area contributed by atoms with E-state index in [0.717, 1.165) is 5.56 Å². The van der Waals surface area contributed by atoms with Crippen molar-refractivity contribution in [2.45, 2.75) is 26.8 Å². The van der Waals surface area contributed by atoms with Crippen LogP contribution in [0.1, 0.15) is 32.4 Å². The molecule has 0 saturated heterocycles. The van der Waals surface area contributed by atoms with E-state index in [1.54, 1.807) is 6.07 Å². The minimum atomic E-state index is -0.192. The van der Waals surface area contributed by atoms with Crippen LogP contribution in [0, 0.1) is 14.8 Å². The molecule has 0 bridgehead atoms. The zero-order valence-corrected chi connectivity index (χ0v) is 10.8. The van der Waals surface area contributed by atoms with Crippen molar-refractivity contribution < 1.29 is 4.39 Å². The van der Waals surface area contributed by atoms with Crippen molar-refractivity contribution in [1.82, 2.24) is 0 Å².